The molecule has 2 aromatic rings. The lowest BCUT2D eigenvalue weighted by atomic mass is 10.1. The second-order valence-corrected chi connectivity index (χ2v) is 5.00. The number of H-pyrrole nitrogens is 1. The van der Waals surface area contributed by atoms with E-state index in [1.807, 2.05) is 31.2 Å². The Labute approximate surface area is 123 Å². The van der Waals surface area contributed by atoms with Gasteiger partial charge >= 0.3 is 5.97 Å². The number of carbonyl (C=O) groups excluding carboxylic acids is 1. The number of hydrogen-bond acceptors (Lipinski definition) is 3. The van der Waals surface area contributed by atoms with Gasteiger partial charge in [-0.1, -0.05) is 34.1 Å². The third-order valence-corrected chi connectivity index (χ3v) is 3.51. The molecule has 1 aromatic heterocycles. The minimum absolute atomic E-state index is 0.128. The quantitative estimate of drug-likeness (QED) is 0.798. The minimum atomic E-state index is -1.22. The Morgan fingerprint density at radius 1 is 1.40 bits per heavy atom. The molecule has 0 aliphatic carbocycles. The molecular weight excluding hydrogens is 326 g/mol. The van der Waals surface area contributed by atoms with Crippen LogP contribution in [0.15, 0.2) is 35.1 Å². The summed E-state index contributed by atoms with van der Waals surface area (Å²) in [5, 5.41) is 11.7. The summed E-state index contributed by atoms with van der Waals surface area (Å²) < 4.78 is 0.869. The topological polar surface area (TPSA) is 95.1 Å². The molecule has 0 aliphatic heterocycles. The Kier molecular flexibility index (Phi) is 4.19. The zero-order chi connectivity index (χ0) is 14.7. The van der Waals surface area contributed by atoms with E-state index in [1.165, 1.54) is 6.33 Å². The molecule has 0 unspecified atom stereocenters. The highest BCUT2D eigenvalue weighted by molar-refractivity contribution is 9.10. The number of rotatable bonds is 4. The molecule has 1 heterocycles. The monoisotopic (exact) mass is 337 g/mol. The predicted octanol–water partition coefficient (Wildman–Crippen LogP) is 2.36. The van der Waals surface area contributed by atoms with Crippen LogP contribution in [-0.4, -0.2) is 27.0 Å². The van der Waals surface area contributed by atoms with Crippen LogP contribution >= 0.6 is 15.9 Å². The summed E-state index contributed by atoms with van der Waals surface area (Å²) >= 11 is 3.41. The van der Waals surface area contributed by atoms with Crippen molar-refractivity contribution in [1.29, 1.82) is 0 Å². The van der Waals surface area contributed by atoms with E-state index in [1.54, 1.807) is 0 Å². The van der Waals surface area contributed by atoms with Gasteiger partial charge in [-0.3, -0.25) is 4.79 Å². The van der Waals surface area contributed by atoms with Crippen molar-refractivity contribution >= 4 is 27.8 Å². The Morgan fingerprint density at radius 2 is 2.10 bits per heavy atom. The summed E-state index contributed by atoms with van der Waals surface area (Å²) in [4.78, 5) is 29.2. The Hall–Kier alpha value is -2.15. The first-order chi connectivity index (χ1) is 9.50. The van der Waals surface area contributed by atoms with E-state index < -0.39 is 11.9 Å². The third kappa shape index (κ3) is 2.88. The number of imidazole rings is 1. The van der Waals surface area contributed by atoms with Crippen molar-refractivity contribution in [3.63, 3.8) is 0 Å². The van der Waals surface area contributed by atoms with Crippen LogP contribution in [0.5, 0.6) is 0 Å². The van der Waals surface area contributed by atoms with Gasteiger partial charge in [0.25, 0.3) is 5.91 Å². The molecular formula is C13H12BrN3O3. The summed E-state index contributed by atoms with van der Waals surface area (Å²) in [6.07, 6.45) is 1.18. The third-order valence-electron chi connectivity index (χ3n) is 2.79. The van der Waals surface area contributed by atoms with Crippen molar-refractivity contribution in [3.05, 3.63) is 52.0 Å². The van der Waals surface area contributed by atoms with E-state index in [0.717, 1.165) is 10.0 Å². The molecule has 0 spiro atoms. The number of hydrogen-bond donors (Lipinski definition) is 3. The highest BCUT2D eigenvalue weighted by atomic mass is 79.9. The average molecular weight is 338 g/mol. The number of nitrogens with one attached hydrogen (secondary N) is 2. The Morgan fingerprint density at radius 3 is 2.75 bits per heavy atom. The zero-order valence-electron chi connectivity index (χ0n) is 10.6. The van der Waals surface area contributed by atoms with Crippen molar-refractivity contribution in [2.45, 2.75) is 13.0 Å². The SMILES string of the molecule is C[C@H](NC(=O)c1nc[nH]c1C(=O)O)c1ccccc1Br. The first-order valence-electron chi connectivity index (χ1n) is 5.82. The summed E-state index contributed by atoms with van der Waals surface area (Å²) in [5.74, 6) is -1.76. The molecule has 6 nitrogen and oxygen atoms in total. The molecule has 2 rings (SSSR count). The van der Waals surface area contributed by atoms with Crippen LogP contribution < -0.4 is 5.32 Å². The number of carbonyl (C=O) groups is 2. The Bertz CT molecular complexity index is 654. The molecule has 0 saturated heterocycles. The van der Waals surface area contributed by atoms with Crippen molar-refractivity contribution in [3.8, 4) is 0 Å². The molecule has 0 bridgehead atoms. The molecule has 7 heteroatoms. The lowest BCUT2D eigenvalue weighted by Crippen LogP contribution is -2.28. The molecule has 1 atom stereocenters. The fourth-order valence-electron chi connectivity index (χ4n) is 1.80. The maximum atomic E-state index is 12.1. The molecule has 1 aromatic carbocycles. The van der Waals surface area contributed by atoms with E-state index in [-0.39, 0.29) is 17.4 Å². The number of aromatic carboxylic acids is 1. The van der Waals surface area contributed by atoms with Crippen molar-refractivity contribution < 1.29 is 14.7 Å². The lowest BCUT2D eigenvalue weighted by molar-refractivity contribution is 0.0684. The first kappa shape index (κ1) is 14.3. The van der Waals surface area contributed by atoms with Crippen LogP contribution in [-0.2, 0) is 0 Å². The van der Waals surface area contributed by atoms with Crippen LogP contribution in [0.1, 0.15) is 39.5 Å². The van der Waals surface area contributed by atoms with E-state index in [2.05, 4.69) is 31.2 Å². The second-order valence-electron chi connectivity index (χ2n) is 4.15. The summed E-state index contributed by atoms with van der Waals surface area (Å²) in [6, 6.07) is 7.20. The molecule has 104 valence electrons. The van der Waals surface area contributed by atoms with Crippen LogP contribution in [0.25, 0.3) is 0 Å². The fourth-order valence-corrected chi connectivity index (χ4v) is 2.43. The van der Waals surface area contributed by atoms with E-state index in [9.17, 15) is 9.59 Å². The molecule has 3 N–H and O–H groups in total. The number of halogens is 1. The van der Waals surface area contributed by atoms with E-state index in [0.29, 0.717) is 0 Å². The van der Waals surface area contributed by atoms with Gasteiger partial charge < -0.3 is 15.4 Å². The number of carboxylic acid groups (broad SMARTS) is 1. The number of aromatic amines is 1. The van der Waals surface area contributed by atoms with Crippen molar-refractivity contribution in [2.75, 3.05) is 0 Å². The van der Waals surface area contributed by atoms with Gasteiger partial charge in [-0.25, -0.2) is 9.78 Å². The normalized spacial score (nSPS) is 11.9. The van der Waals surface area contributed by atoms with Crippen LogP contribution in [0, 0.1) is 0 Å². The van der Waals surface area contributed by atoms with Crippen LogP contribution in [0.2, 0.25) is 0 Å². The summed E-state index contributed by atoms with van der Waals surface area (Å²) in [7, 11) is 0. The standard InChI is InChI=1S/C13H12BrN3O3/c1-7(8-4-2-3-5-9(8)14)17-12(18)10-11(13(19)20)16-6-15-10/h2-7H,1H3,(H,15,16)(H,17,18)(H,19,20)/t7-/m0/s1. The van der Waals surface area contributed by atoms with Crippen LogP contribution in [0.3, 0.4) is 0 Å². The maximum absolute atomic E-state index is 12.1. The smallest absolute Gasteiger partial charge is 0.354 e. The largest absolute Gasteiger partial charge is 0.477 e. The van der Waals surface area contributed by atoms with Gasteiger partial charge in [0.15, 0.2) is 11.4 Å². The van der Waals surface area contributed by atoms with Gasteiger partial charge in [-0.05, 0) is 18.6 Å². The predicted molar refractivity (Wildman–Crippen MR) is 75.6 cm³/mol. The van der Waals surface area contributed by atoms with Gasteiger partial charge in [-0.2, -0.15) is 0 Å². The van der Waals surface area contributed by atoms with Crippen molar-refractivity contribution in [1.82, 2.24) is 15.3 Å². The number of nitrogens with zero attached hydrogens (tertiary/aromatic N) is 1. The molecule has 0 saturated carbocycles. The first-order valence-corrected chi connectivity index (χ1v) is 6.62. The Balaban J connectivity index is 2.18. The molecule has 1 amide bonds. The summed E-state index contributed by atoms with van der Waals surface area (Å²) in [6.45, 7) is 1.81. The van der Waals surface area contributed by atoms with Gasteiger partial charge in [0, 0.05) is 4.47 Å². The van der Waals surface area contributed by atoms with E-state index >= 15 is 0 Å². The zero-order valence-corrected chi connectivity index (χ0v) is 12.1. The number of carboxylic acids is 1. The highest BCUT2D eigenvalue weighted by Crippen LogP contribution is 2.23. The van der Waals surface area contributed by atoms with Crippen LogP contribution in [0.4, 0.5) is 0 Å². The van der Waals surface area contributed by atoms with Gasteiger partial charge in [0.2, 0.25) is 0 Å². The fraction of sp³-hybridized carbons (Fsp3) is 0.154. The lowest BCUT2D eigenvalue weighted by Gasteiger charge is -2.15. The number of amides is 1. The second kappa shape index (κ2) is 5.87. The van der Waals surface area contributed by atoms with E-state index in [4.69, 9.17) is 5.11 Å². The molecule has 20 heavy (non-hydrogen) atoms. The van der Waals surface area contributed by atoms with Gasteiger partial charge in [0.1, 0.15) is 0 Å². The number of benzene rings is 1. The highest BCUT2D eigenvalue weighted by Gasteiger charge is 2.21. The maximum Gasteiger partial charge on any atom is 0.354 e. The summed E-state index contributed by atoms with van der Waals surface area (Å²) in [5.41, 5.74) is 0.548. The van der Waals surface area contributed by atoms with Crippen molar-refractivity contribution in [2.24, 2.45) is 0 Å². The molecule has 0 aliphatic rings. The number of aromatic nitrogens is 2. The molecule has 0 radical (unpaired) electrons. The minimum Gasteiger partial charge on any atom is -0.477 e. The molecule has 0 fully saturated rings. The van der Waals surface area contributed by atoms with Gasteiger partial charge in [-0.15, -0.1) is 0 Å². The van der Waals surface area contributed by atoms with Gasteiger partial charge in [0.05, 0.1) is 12.4 Å². The average Bonchev–Trinajstić information content (AvgIpc) is 2.88.